The Labute approximate surface area is 211 Å². The van der Waals surface area contributed by atoms with Crippen molar-refractivity contribution < 1.29 is 16.8 Å². The number of sulfonamides is 2. The van der Waals surface area contributed by atoms with Crippen molar-refractivity contribution in [2.75, 3.05) is 13.1 Å². The summed E-state index contributed by atoms with van der Waals surface area (Å²) in [5.74, 6) is 0.545. The normalized spacial score (nSPS) is 23.0. The Kier molecular flexibility index (Phi) is 7.02. The lowest BCUT2D eigenvalue weighted by molar-refractivity contribution is 0.310. The number of nitrogens with one attached hydrogen (secondary N) is 1. The smallest absolute Gasteiger partial charge is 0.241 e. The monoisotopic (exact) mass is 533 g/mol. The lowest BCUT2D eigenvalue weighted by Gasteiger charge is -2.30. The summed E-state index contributed by atoms with van der Waals surface area (Å²) in [4.78, 5) is 4.98. The van der Waals surface area contributed by atoms with Crippen LogP contribution in [0.3, 0.4) is 0 Å². The van der Waals surface area contributed by atoms with Gasteiger partial charge in [0.05, 0.1) is 25.0 Å². The second-order valence-electron chi connectivity index (χ2n) is 9.66. The molecule has 2 aliphatic rings. The van der Waals surface area contributed by atoms with Crippen LogP contribution in [-0.4, -0.2) is 45.3 Å². The Morgan fingerprint density at radius 2 is 1.54 bits per heavy atom. The van der Waals surface area contributed by atoms with E-state index in [-0.39, 0.29) is 21.8 Å². The molecule has 1 N–H and O–H groups in total. The van der Waals surface area contributed by atoms with E-state index in [0.717, 1.165) is 53.7 Å². The molecule has 2 atom stereocenters. The van der Waals surface area contributed by atoms with E-state index >= 15 is 0 Å². The zero-order chi connectivity index (χ0) is 24.6. The zero-order valence-electron chi connectivity index (χ0n) is 19.8. The molecule has 0 unspecified atom stereocenters. The quantitative estimate of drug-likeness (QED) is 0.495. The predicted molar refractivity (Wildman–Crippen MR) is 139 cm³/mol. The maximum Gasteiger partial charge on any atom is 0.243 e. The van der Waals surface area contributed by atoms with Crippen LogP contribution in [0.25, 0.3) is 10.2 Å². The van der Waals surface area contributed by atoms with Crippen molar-refractivity contribution >= 4 is 41.6 Å². The number of hydrogen-bond donors (Lipinski definition) is 1. The van der Waals surface area contributed by atoms with E-state index < -0.39 is 20.0 Å². The van der Waals surface area contributed by atoms with Crippen LogP contribution in [0.5, 0.6) is 0 Å². The Morgan fingerprint density at radius 1 is 0.886 bits per heavy atom. The van der Waals surface area contributed by atoms with E-state index in [4.69, 9.17) is 4.98 Å². The maximum atomic E-state index is 13.2. The highest BCUT2D eigenvalue weighted by molar-refractivity contribution is 7.89. The number of rotatable bonds is 6. The summed E-state index contributed by atoms with van der Waals surface area (Å²) in [6.07, 6.45) is 5.43. The van der Waals surface area contributed by atoms with Crippen molar-refractivity contribution in [1.82, 2.24) is 14.0 Å². The Balaban J connectivity index is 1.25. The standard InChI is InChI=1S/C25H31N3O4S3/c1-18-6-2-3-7-22(18)27-34(29,30)20-10-12-21(13-11-20)35(31,32)28-16-14-19(15-17-28)25-26-23-8-4-5-9-24(23)33-25/h4-5,8-13,18-19,22,27H,2-3,6-7,14-17H2,1H3/t18-,22+/m0/s1. The number of benzene rings is 2. The fraction of sp³-hybridized carbons (Fsp3) is 0.480. The fourth-order valence-electron chi connectivity index (χ4n) is 5.11. The summed E-state index contributed by atoms with van der Waals surface area (Å²) in [7, 11) is -7.38. The first kappa shape index (κ1) is 24.8. The highest BCUT2D eigenvalue weighted by Gasteiger charge is 2.32. The van der Waals surface area contributed by atoms with Crippen molar-refractivity contribution in [3.05, 3.63) is 53.5 Å². The fourth-order valence-corrected chi connectivity index (χ4v) is 9.09. The van der Waals surface area contributed by atoms with Crippen LogP contribution >= 0.6 is 11.3 Å². The minimum atomic E-state index is -3.69. The van der Waals surface area contributed by atoms with Gasteiger partial charge in [0.15, 0.2) is 0 Å². The molecule has 1 saturated carbocycles. The average molecular weight is 534 g/mol. The third-order valence-corrected chi connectivity index (χ3v) is 11.9. The molecule has 2 fully saturated rings. The first-order chi connectivity index (χ1) is 16.7. The summed E-state index contributed by atoms with van der Waals surface area (Å²) in [5.41, 5.74) is 0.991. The molecular weight excluding hydrogens is 502 g/mol. The van der Waals surface area contributed by atoms with Crippen molar-refractivity contribution in [2.24, 2.45) is 5.92 Å². The molecule has 1 aromatic heterocycles. The lowest BCUT2D eigenvalue weighted by Crippen LogP contribution is -2.41. The van der Waals surface area contributed by atoms with E-state index in [1.54, 1.807) is 11.3 Å². The van der Waals surface area contributed by atoms with Crippen molar-refractivity contribution in [2.45, 2.75) is 67.2 Å². The van der Waals surface area contributed by atoms with Crippen LogP contribution in [0.1, 0.15) is 56.4 Å². The first-order valence-corrected chi connectivity index (χ1v) is 16.0. The highest BCUT2D eigenvalue weighted by Crippen LogP contribution is 2.35. The van der Waals surface area contributed by atoms with Gasteiger partial charge in [-0.15, -0.1) is 11.3 Å². The SMILES string of the molecule is C[C@H]1CCCC[C@H]1NS(=O)(=O)c1ccc(S(=O)(=O)N2CCC(c3nc4ccccc4s3)CC2)cc1. The molecular formula is C25H31N3O4S3. The molecule has 3 aromatic rings. The van der Waals surface area contributed by atoms with E-state index in [9.17, 15) is 16.8 Å². The number of thiazole rings is 1. The molecule has 1 saturated heterocycles. The van der Waals surface area contributed by atoms with Crippen molar-refractivity contribution in [1.29, 1.82) is 0 Å². The lowest BCUT2D eigenvalue weighted by atomic mass is 9.87. The molecule has 0 bridgehead atoms. The Hall–Kier alpha value is -1.85. The molecule has 1 aliphatic carbocycles. The topological polar surface area (TPSA) is 96.4 Å². The molecule has 0 spiro atoms. The molecule has 1 aliphatic heterocycles. The van der Waals surface area contributed by atoms with Crippen LogP contribution < -0.4 is 4.72 Å². The number of aromatic nitrogens is 1. The van der Waals surface area contributed by atoms with Crippen molar-refractivity contribution in [3.63, 3.8) is 0 Å². The Bertz CT molecular complexity index is 1360. The van der Waals surface area contributed by atoms with Crippen LogP contribution in [0, 0.1) is 5.92 Å². The van der Waals surface area contributed by atoms with Gasteiger partial charge in [0.25, 0.3) is 0 Å². The largest absolute Gasteiger partial charge is 0.243 e. The number of hydrogen-bond acceptors (Lipinski definition) is 6. The van der Waals surface area contributed by atoms with Crippen LogP contribution in [0.4, 0.5) is 0 Å². The molecule has 188 valence electrons. The van der Waals surface area contributed by atoms with Gasteiger partial charge >= 0.3 is 0 Å². The average Bonchev–Trinajstić information content (AvgIpc) is 3.30. The van der Waals surface area contributed by atoms with Crippen LogP contribution in [-0.2, 0) is 20.0 Å². The van der Waals surface area contributed by atoms with Crippen LogP contribution in [0.2, 0.25) is 0 Å². The molecule has 5 rings (SSSR count). The van der Waals surface area contributed by atoms with Crippen LogP contribution in [0.15, 0.2) is 58.3 Å². The second-order valence-corrected chi connectivity index (χ2v) is 14.4. The summed E-state index contributed by atoms with van der Waals surface area (Å²) >= 11 is 1.68. The van der Waals surface area contributed by atoms with Gasteiger partial charge in [-0.1, -0.05) is 31.9 Å². The number of para-hydroxylation sites is 1. The van der Waals surface area contributed by atoms with Gasteiger partial charge < -0.3 is 0 Å². The van der Waals surface area contributed by atoms with Gasteiger partial charge in [0, 0.05) is 25.0 Å². The van der Waals surface area contributed by atoms with E-state index in [0.29, 0.717) is 19.0 Å². The number of piperidine rings is 1. The second kappa shape index (κ2) is 9.89. The predicted octanol–water partition coefficient (Wildman–Crippen LogP) is 4.72. The van der Waals surface area contributed by atoms with Gasteiger partial charge in [0.1, 0.15) is 0 Å². The zero-order valence-corrected chi connectivity index (χ0v) is 22.2. The van der Waals surface area contributed by atoms with Gasteiger partial charge in [-0.3, -0.25) is 0 Å². The van der Waals surface area contributed by atoms with Gasteiger partial charge in [0.2, 0.25) is 20.0 Å². The molecule has 35 heavy (non-hydrogen) atoms. The summed E-state index contributed by atoms with van der Waals surface area (Å²) < 4.78 is 57.7. The van der Waals surface area contributed by atoms with Gasteiger partial charge in [-0.25, -0.2) is 26.5 Å². The third-order valence-electron chi connectivity index (χ3n) is 7.30. The Morgan fingerprint density at radius 3 is 2.23 bits per heavy atom. The van der Waals surface area contributed by atoms with E-state index in [2.05, 4.69) is 17.7 Å². The summed E-state index contributed by atoms with van der Waals surface area (Å²) in [5, 5.41) is 1.07. The molecule has 7 nitrogen and oxygen atoms in total. The summed E-state index contributed by atoms with van der Waals surface area (Å²) in [6, 6.07) is 13.6. The maximum absolute atomic E-state index is 13.2. The molecule has 0 radical (unpaired) electrons. The minimum Gasteiger partial charge on any atom is -0.241 e. The number of fused-ring (bicyclic) bond motifs is 1. The van der Waals surface area contributed by atoms with E-state index in [1.165, 1.54) is 28.6 Å². The third kappa shape index (κ3) is 5.17. The van der Waals surface area contributed by atoms with E-state index in [1.807, 2.05) is 18.2 Å². The minimum absolute atomic E-state index is 0.0751. The van der Waals surface area contributed by atoms with Crippen molar-refractivity contribution in [3.8, 4) is 0 Å². The molecule has 2 aromatic carbocycles. The highest BCUT2D eigenvalue weighted by atomic mass is 32.2. The molecule has 0 amide bonds. The van der Waals surface area contributed by atoms with Gasteiger partial charge in [-0.2, -0.15) is 4.31 Å². The molecule has 10 heteroatoms. The number of nitrogens with zero attached hydrogens (tertiary/aromatic N) is 2. The van der Waals surface area contributed by atoms with Gasteiger partial charge in [-0.05, 0) is 68.0 Å². The summed E-state index contributed by atoms with van der Waals surface area (Å²) in [6.45, 7) is 2.91. The first-order valence-electron chi connectivity index (χ1n) is 12.2. The molecule has 2 heterocycles.